The normalized spacial score (nSPS) is 10.3. The number of carbonyl (C=O) groups is 1. The summed E-state index contributed by atoms with van der Waals surface area (Å²) in [6.45, 7) is 2.22. The first kappa shape index (κ1) is 13.5. The first-order chi connectivity index (χ1) is 9.08. The Bertz CT molecular complexity index is 616. The molecule has 2 rings (SSSR count). The highest BCUT2D eigenvalue weighted by Crippen LogP contribution is 2.15. The lowest BCUT2D eigenvalue weighted by molar-refractivity contribution is 0.0947. The summed E-state index contributed by atoms with van der Waals surface area (Å²) in [5, 5.41) is 2.97. The summed E-state index contributed by atoms with van der Waals surface area (Å²) in [5.74, 6) is -1.09. The number of nitrogens with zero attached hydrogens (tertiary/aromatic N) is 1. The van der Waals surface area contributed by atoms with Crippen molar-refractivity contribution in [1.82, 2.24) is 10.3 Å². The Balaban J connectivity index is 2.10. The molecule has 0 saturated carbocycles. The Kier molecular flexibility index (Phi) is 4.12. The molecule has 1 aromatic carbocycles. The molecule has 1 N–H and O–H groups in total. The van der Waals surface area contributed by atoms with Crippen LogP contribution in [0.2, 0.25) is 5.02 Å². The van der Waals surface area contributed by atoms with Gasteiger partial charge in [0.25, 0.3) is 5.91 Å². The van der Waals surface area contributed by atoms with Gasteiger partial charge in [0.2, 0.25) is 0 Å². The van der Waals surface area contributed by atoms with Crippen molar-refractivity contribution in [2.75, 3.05) is 0 Å². The Morgan fingerprint density at radius 3 is 2.95 bits per heavy atom. The topological polar surface area (TPSA) is 42.0 Å². The van der Waals surface area contributed by atoms with Crippen molar-refractivity contribution >= 4 is 17.5 Å². The summed E-state index contributed by atoms with van der Waals surface area (Å²) >= 11 is 5.75. The molecule has 2 aromatic rings. The molecule has 0 saturated heterocycles. The van der Waals surface area contributed by atoms with E-state index in [0.717, 1.165) is 11.1 Å². The zero-order valence-corrected chi connectivity index (χ0v) is 11.0. The summed E-state index contributed by atoms with van der Waals surface area (Å²) in [6.07, 6.45) is 3.35. The first-order valence-corrected chi connectivity index (χ1v) is 6.08. The smallest absolute Gasteiger partial charge is 0.254 e. The molecule has 1 aromatic heterocycles. The zero-order valence-electron chi connectivity index (χ0n) is 10.3. The van der Waals surface area contributed by atoms with Crippen molar-refractivity contribution < 1.29 is 9.18 Å². The first-order valence-electron chi connectivity index (χ1n) is 5.70. The second-order valence-electron chi connectivity index (χ2n) is 4.11. The van der Waals surface area contributed by atoms with Crippen LogP contribution in [0.15, 0.2) is 36.7 Å². The fraction of sp³-hybridized carbons (Fsp3) is 0.143. The van der Waals surface area contributed by atoms with E-state index in [2.05, 4.69) is 10.3 Å². The highest BCUT2D eigenvalue weighted by Gasteiger charge is 2.12. The number of hydrogen-bond acceptors (Lipinski definition) is 2. The van der Waals surface area contributed by atoms with E-state index in [9.17, 15) is 9.18 Å². The largest absolute Gasteiger partial charge is 0.348 e. The summed E-state index contributed by atoms with van der Waals surface area (Å²) in [5.41, 5.74) is 1.84. The maximum absolute atomic E-state index is 13.5. The number of nitrogens with one attached hydrogen (secondary N) is 1. The SMILES string of the molecule is Cc1ccncc1CNC(=O)c1cc(Cl)ccc1F. The zero-order chi connectivity index (χ0) is 13.8. The lowest BCUT2D eigenvalue weighted by Gasteiger charge is -2.08. The third kappa shape index (κ3) is 3.29. The van der Waals surface area contributed by atoms with Crippen LogP contribution in [0.5, 0.6) is 0 Å². The Morgan fingerprint density at radius 1 is 1.42 bits per heavy atom. The molecular weight excluding hydrogens is 267 g/mol. The standard InChI is InChI=1S/C14H12ClFN2O/c1-9-4-5-17-7-10(9)8-18-14(19)12-6-11(15)2-3-13(12)16/h2-7H,8H2,1H3,(H,18,19). The molecule has 0 aliphatic rings. The third-order valence-corrected chi connectivity index (χ3v) is 3.00. The van der Waals surface area contributed by atoms with E-state index >= 15 is 0 Å². The van der Waals surface area contributed by atoms with Crippen molar-refractivity contribution in [3.8, 4) is 0 Å². The minimum Gasteiger partial charge on any atom is -0.348 e. The molecule has 1 heterocycles. The van der Waals surface area contributed by atoms with Crippen LogP contribution in [0.3, 0.4) is 0 Å². The Morgan fingerprint density at radius 2 is 2.21 bits per heavy atom. The van der Waals surface area contributed by atoms with Gasteiger partial charge in [0.05, 0.1) is 5.56 Å². The van der Waals surface area contributed by atoms with Crippen molar-refractivity contribution in [2.24, 2.45) is 0 Å². The van der Waals surface area contributed by atoms with Gasteiger partial charge in [0, 0.05) is 24.0 Å². The van der Waals surface area contributed by atoms with Crippen molar-refractivity contribution in [3.63, 3.8) is 0 Å². The molecular formula is C14H12ClFN2O. The highest BCUT2D eigenvalue weighted by atomic mass is 35.5. The number of pyridine rings is 1. The molecule has 0 unspecified atom stereocenters. The van der Waals surface area contributed by atoms with Crippen LogP contribution < -0.4 is 5.32 Å². The van der Waals surface area contributed by atoms with Gasteiger partial charge in [0.15, 0.2) is 0 Å². The monoisotopic (exact) mass is 278 g/mol. The van der Waals surface area contributed by atoms with Gasteiger partial charge in [-0.2, -0.15) is 0 Å². The second kappa shape index (κ2) is 5.80. The van der Waals surface area contributed by atoms with Gasteiger partial charge >= 0.3 is 0 Å². The number of aromatic nitrogens is 1. The van der Waals surface area contributed by atoms with Crippen molar-refractivity contribution in [3.05, 3.63) is 64.2 Å². The minimum absolute atomic E-state index is 0.0611. The minimum atomic E-state index is -0.593. The number of carbonyl (C=O) groups excluding carboxylic acids is 1. The van der Waals surface area contributed by atoms with Crippen LogP contribution in [0.25, 0.3) is 0 Å². The van der Waals surface area contributed by atoms with E-state index in [0.29, 0.717) is 11.6 Å². The number of benzene rings is 1. The van der Waals surface area contributed by atoms with Gasteiger partial charge in [-0.25, -0.2) is 4.39 Å². The molecule has 0 radical (unpaired) electrons. The third-order valence-electron chi connectivity index (χ3n) is 2.76. The molecule has 0 aliphatic heterocycles. The van der Waals surface area contributed by atoms with Crippen molar-refractivity contribution in [2.45, 2.75) is 13.5 Å². The van der Waals surface area contributed by atoms with E-state index in [1.807, 2.05) is 13.0 Å². The predicted octanol–water partition coefficient (Wildman–Crippen LogP) is 3.11. The lowest BCUT2D eigenvalue weighted by atomic mass is 10.1. The quantitative estimate of drug-likeness (QED) is 0.937. The van der Waals surface area contributed by atoms with Crippen LogP contribution in [0.4, 0.5) is 4.39 Å². The molecule has 0 aliphatic carbocycles. The van der Waals surface area contributed by atoms with E-state index < -0.39 is 11.7 Å². The number of aryl methyl sites for hydroxylation is 1. The second-order valence-corrected chi connectivity index (χ2v) is 4.55. The van der Waals surface area contributed by atoms with Crippen LogP contribution in [-0.4, -0.2) is 10.9 Å². The molecule has 0 atom stereocenters. The lowest BCUT2D eigenvalue weighted by Crippen LogP contribution is -2.24. The molecule has 3 nitrogen and oxygen atoms in total. The Hall–Kier alpha value is -1.94. The van der Waals surface area contributed by atoms with Crippen LogP contribution in [0.1, 0.15) is 21.5 Å². The summed E-state index contributed by atoms with van der Waals surface area (Å²) in [7, 11) is 0. The molecule has 19 heavy (non-hydrogen) atoms. The predicted molar refractivity (Wildman–Crippen MR) is 71.6 cm³/mol. The maximum atomic E-state index is 13.5. The Labute approximate surface area is 115 Å². The van der Waals surface area contributed by atoms with Crippen LogP contribution >= 0.6 is 11.6 Å². The fourth-order valence-corrected chi connectivity index (χ4v) is 1.80. The molecule has 1 amide bonds. The van der Waals surface area contributed by atoms with Crippen molar-refractivity contribution in [1.29, 1.82) is 0 Å². The van der Waals surface area contributed by atoms with Gasteiger partial charge in [-0.15, -0.1) is 0 Å². The number of rotatable bonds is 3. The van der Waals surface area contributed by atoms with Crippen LogP contribution in [-0.2, 0) is 6.54 Å². The van der Waals surface area contributed by atoms with Crippen LogP contribution in [0, 0.1) is 12.7 Å². The molecule has 5 heteroatoms. The molecule has 0 spiro atoms. The van der Waals surface area contributed by atoms with E-state index in [-0.39, 0.29) is 5.56 Å². The van der Waals surface area contributed by atoms with Gasteiger partial charge in [-0.3, -0.25) is 9.78 Å². The average Bonchev–Trinajstić information content (AvgIpc) is 2.40. The van der Waals surface area contributed by atoms with Gasteiger partial charge in [-0.1, -0.05) is 11.6 Å². The fourth-order valence-electron chi connectivity index (χ4n) is 1.62. The molecule has 0 bridgehead atoms. The summed E-state index contributed by atoms with van der Waals surface area (Å²) in [4.78, 5) is 15.9. The highest BCUT2D eigenvalue weighted by molar-refractivity contribution is 6.30. The van der Waals surface area contributed by atoms with E-state index in [1.54, 1.807) is 12.4 Å². The van der Waals surface area contributed by atoms with Gasteiger partial charge < -0.3 is 5.32 Å². The molecule has 0 fully saturated rings. The summed E-state index contributed by atoms with van der Waals surface area (Å²) < 4.78 is 13.5. The van der Waals surface area contributed by atoms with E-state index in [1.165, 1.54) is 18.2 Å². The number of halogens is 2. The molecule has 98 valence electrons. The van der Waals surface area contributed by atoms with Gasteiger partial charge in [0.1, 0.15) is 5.82 Å². The number of amides is 1. The summed E-state index contributed by atoms with van der Waals surface area (Å²) in [6, 6.07) is 5.73. The van der Waals surface area contributed by atoms with Gasteiger partial charge in [-0.05, 0) is 42.3 Å². The maximum Gasteiger partial charge on any atom is 0.254 e. The van der Waals surface area contributed by atoms with E-state index in [4.69, 9.17) is 11.6 Å². The number of hydrogen-bond donors (Lipinski definition) is 1. The average molecular weight is 279 g/mol.